The zero-order valence-corrected chi connectivity index (χ0v) is 20.0. The molecule has 0 heterocycles. The molecule has 2 aromatic carbocycles. The average molecular weight is 483 g/mol. The lowest BCUT2D eigenvalue weighted by Gasteiger charge is -2.17. The van der Waals surface area contributed by atoms with E-state index in [0.717, 1.165) is 17.5 Å². The normalized spacial score (nSPS) is 13.9. The number of carbonyl (C=O) groups is 3. The Bertz CT molecular complexity index is 979. The van der Waals surface area contributed by atoms with Crippen LogP contribution in [-0.4, -0.2) is 54.0 Å². The SMILES string of the molecule is CCC(CCNC(=O)OCC1c2ccccc2-c2ccccc21)CCC(=O)NC(CCO)C(=O)O. The van der Waals surface area contributed by atoms with Crippen molar-refractivity contribution in [3.63, 3.8) is 0 Å². The van der Waals surface area contributed by atoms with Crippen molar-refractivity contribution in [2.24, 2.45) is 5.92 Å². The molecule has 2 unspecified atom stereocenters. The number of amides is 2. The highest BCUT2D eigenvalue weighted by molar-refractivity contribution is 5.83. The third kappa shape index (κ3) is 7.05. The van der Waals surface area contributed by atoms with Crippen LogP contribution in [0.5, 0.6) is 0 Å². The summed E-state index contributed by atoms with van der Waals surface area (Å²) in [6.07, 6.45) is 1.81. The molecular formula is C27H34N2O6. The lowest BCUT2D eigenvalue weighted by atomic mass is 9.96. The zero-order valence-electron chi connectivity index (χ0n) is 20.0. The molecule has 8 nitrogen and oxygen atoms in total. The van der Waals surface area contributed by atoms with E-state index in [2.05, 4.69) is 34.9 Å². The fraction of sp³-hybridized carbons (Fsp3) is 0.444. The van der Waals surface area contributed by atoms with E-state index in [1.165, 1.54) is 11.1 Å². The zero-order chi connectivity index (χ0) is 25.2. The molecule has 35 heavy (non-hydrogen) atoms. The second kappa shape index (κ2) is 12.9. The largest absolute Gasteiger partial charge is 0.480 e. The number of benzene rings is 2. The molecule has 2 atom stereocenters. The van der Waals surface area contributed by atoms with Gasteiger partial charge < -0.3 is 25.6 Å². The van der Waals surface area contributed by atoms with Crippen LogP contribution in [0, 0.1) is 5.92 Å². The molecule has 1 aliphatic rings. The first kappa shape index (κ1) is 26.2. The van der Waals surface area contributed by atoms with Crippen molar-refractivity contribution < 1.29 is 29.3 Å². The van der Waals surface area contributed by atoms with Crippen LogP contribution in [0.25, 0.3) is 11.1 Å². The summed E-state index contributed by atoms with van der Waals surface area (Å²) in [5.41, 5.74) is 4.68. The maximum absolute atomic E-state index is 12.3. The fourth-order valence-electron chi connectivity index (χ4n) is 4.57. The molecule has 2 aromatic rings. The highest BCUT2D eigenvalue weighted by Gasteiger charge is 2.29. The molecule has 0 spiro atoms. The summed E-state index contributed by atoms with van der Waals surface area (Å²) in [6.45, 7) is 2.40. The van der Waals surface area contributed by atoms with Crippen molar-refractivity contribution in [3.05, 3.63) is 59.7 Å². The van der Waals surface area contributed by atoms with Crippen LogP contribution >= 0.6 is 0 Å². The van der Waals surface area contributed by atoms with Crippen LogP contribution in [0.2, 0.25) is 0 Å². The molecular weight excluding hydrogens is 448 g/mol. The van der Waals surface area contributed by atoms with Gasteiger partial charge in [0.2, 0.25) is 5.91 Å². The van der Waals surface area contributed by atoms with Crippen molar-refractivity contribution in [3.8, 4) is 11.1 Å². The second-order valence-corrected chi connectivity index (χ2v) is 8.82. The van der Waals surface area contributed by atoms with E-state index >= 15 is 0 Å². The predicted molar refractivity (Wildman–Crippen MR) is 132 cm³/mol. The third-order valence-corrected chi connectivity index (χ3v) is 6.57. The van der Waals surface area contributed by atoms with Gasteiger partial charge >= 0.3 is 12.1 Å². The Kier molecular flexibility index (Phi) is 9.66. The molecule has 0 aromatic heterocycles. The predicted octanol–water partition coefficient (Wildman–Crippen LogP) is 3.67. The number of aliphatic carboxylic acids is 1. The van der Waals surface area contributed by atoms with Crippen molar-refractivity contribution in [1.82, 2.24) is 10.6 Å². The number of carboxylic acids is 1. The Balaban J connectivity index is 1.41. The van der Waals surface area contributed by atoms with Gasteiger partial charge in [0, 0.05) is 31.9 Å². The van der Waals surface area contributed by atoms with E-state index in [1.54, 1.807) is 0 Å². The van der Waals surface area contributed by atoms with Gasteiger partial charge in [0.05, 0.1) is 0 Å². The summed E-state index contributed by atoms with van der Waals surface area (Å²) >= 11 is 0. The van der Waals surface area contributed by atoms with E-state index in [-0.39, 0.29) is 43.8 Å². The number of rotatable bonds is 13. The molecule has 0 saturated heterocycles. The quantitative estimate of drug-likeness (QED) is 0.345. The Morgan fingerprint density at radius 1 is 0.971 bits per heavy atom. The van der Waals surface area contributed by atoms with E-state index in [4.69, 9.17) is 14.9 Å². The Hall–Kier alpha value is -3.39. The smallest absolute Gasteiger partial charge is 0.407 e. The first-order valence-electron chi connectivity index (χ1n) is 12.2. The van der Waals surface area contributed by atoms with Crippen LogP contribution in [0.1, 0.15) is 56.1 Å². The molecule has 0 aliphatic heterocycles. The topological polar surface area (TPSA) is 125 Å². The minimum absolute atomic E-state index is 0.00974. The van der Waals surface area contributed by atoms with Gasteiger partial charge in [-0.2, -0.15) is 0 Å². The van der Waals surface area contributed by atoms with Gasteiger partial charge in [-0.05, 0) is 41.0 Å². The number of carboxylic acid groups (broad SMARTS) is 1. The van der Waals surface area contributed by atoms with Crippen LogP contribution in [0.3, 0.4) is 0 Å². The minimum Gasteiger partial charge on any atom is -0.480 e. The second-order valence-electron chi connectivity index (χ2n) is 8.82. The first-order chi connectivity index (χ1) is 16.9. The van der Waals surface area contributed by atoms with Gasteiger partial charge in [-0.15, -0.1) is 0 Å². The van der Waals surface area contributed by atoms with Crippen LogP contribution in [-0.2, 0) is 14.3 Å². The van der Waals surface area contributed by atoms with Gasteiger partial charge in [-0.1, -0.05) is 61.9 Å². The summed E-state index contributed by atoms with van der Waals surface area (Å²) in [5, 5.41) is 23.2. The molecule has 0 saturated carbocycles. The van der Waals surface area contributed by atoms with E-state index in [1.807, 2.05) is 31.2 Å². The number of ether oxygens (including phenoxy) is 1. The van der Waals surface area contributed by atoms with Crippen molar-refractivity contribution in [2.45, 2.75) is 51.0 Å². The lowest BCUT2D eigenvalue weighted by Crippen LogP contribution is -2.41. The fourth-order valence-corrected chi connectivity index (χ4v) is 4.57. The van der Waals surface area contributed by atoms with Gasteiger partial charge in [-0.25, -0.2) is 9.59 Å². The number of carbonyl (C=O) groups excluding carboxylic acids is 2. The number of aliphatic hydroxyl groups excluding tert-OH is 1. The average Bonchev–Trinajstić information content (AvgIpc) is 3.18. The molecule has 0 fully saturated rings. The first-order valence-corrected chi connectivity index (χ1v) is 12.2. The standard InChI is InChI=1S/C27H34N2O6/c1-2-18(11-12-25(31)29-24(14-16-30)26(32)33)13-15-28-27(34)35-17-23-21-9-5-3-7-19(21)20-8-4-6-10-22(20)23/h3-10,18,23-24,30H,2,11-17H2,1H3,(H,28,34)(H,29,31)(H,32,33). The number of fused-ring (bicyclic) bond motifs is 3. The molecule has 2 amide bonds. The summed E-state index contributed by atoms with van der Waals surface area (Å²) in [5.74, 6) is -1.30. The molecule has 4 N–H and O–H groups in total. The molecule has 3 rings (SSSR count). The van der Waals surface area contributed by atoms with Gasteiger partial charge in [-0.3, -0.25) is 4.79 Å². The number of aliphatic hydroxyl groups is 1. The Morgan fingerprint density at radius 3 is 2.17 bits per heavy atom. The summed E-state index contributed by atoms with van der Waals surface area (Å²) in [7, 11) is 0. The molecule has 0 radical (unpaired) electrons. The van der Waals surface area contributed by atoms with Gasteiger partial charge in [0.25, 0.3) is 0 Å². The molecule has 0 bridgehead atoms. The van der Waals surface area contributed by atoms with Crippen LogP contribution in [0.4, 0.5) is 4.79 Å². The van der Waals surface area contributed by atoms with Gasteiger partial charge in [0.1, 0.15) is 12.6 Å². The molecule has 1 aliphatic carbocycles. The number of hydrogen-bond donors (Lipinski definition) is 4. The van der Waals surface area contributed by atoms with Crippen molar-refractivity contribution in [2.75, 3.05) is 19.8 Å². The number of hydrogen-bond acceptors (Lipinski definition) is 5. The lowest BCUT2D eigenvalue weighted by molar-refractivity contribution is -0.142. The van der Waals surface area contributed by atoms with E-state index < -0.39 is 18.1 Å². The summed E-state index contributed by atoms with van der Waals surface area (Å²) in [6, 6.07) is 15.3. The highest BCUT2D eigenvalue weighted by atomic mass is 16.5. The number of nitrogens with one attached hydrogen (secondary N) is 2. The summed E-state index contributed by atoms with van der Waals surface area (Å²) < 4.78 is 5.55. The summed E-state index contributed by atoms with van der Waals surface area (Å²) in [4.78, 5) is 35.5. The van der Waals surface area contributed by atoms with E-state index in [9.17, 15) is 14.4 Å². The van der Waals surface area contributed by atoms with Gasteiger partial charge in [0.15, 0.2) is 0 Å². The maximum atomic E-state index is 12.3. The van der Waals surface area contributed by atoms with Crippen LogP contribution in [0.15, 0.2) is 48.5 Å². The Morgan fingerprint density at radius 2 is 1.60 bits per heavy atom. The van der Waals surface area contributed by atoms with E-state index in [0.29, 0.717) is 19.4 Å². The Labute approximate surface area is 205 Å². The van der Waals surface area contributed by atoms with Crippen molar-refractivity contribution in [1.29, 1.82) is 0 Å². The van der Waals surface area contributed by atoms with Crippen molar-refractivity contribution >= 4 is 18.0 Å². The third-order valence-electron chi connectivity index (χ3n) is 6.57. The highest BCUT2D eigenvalue weighted by Crippen LogP contribution is 2.44. The van der Waals surface area contributed by atoms with Crippen LogP contribution < -0.4 is 10.6 Å². The number of alkyl carbamates (subject to hydrolysis) is 1. The monoisotopic (exact) mass is 482 g/mol. The minimum atomic E-state index is -1.16. The maximum Gasteiger partial charge on any atom is 0.407 e. The molecule has 188 valence electrons. The molecule has 8 heteroatoms.